The molecule has 6 nitrogen and oxygen atoms in total. The Kier molecular flexibility index (Phi) is 8.80. The van der Waals surface area contributed by atoms with Gasteiger partial charge in [-0.2, -0.15) is 0 Å². The van der Waals surface area contributed by atoms with Gasteiger partial charge in [-0.1, -0.05) is 12.1 Å². The number of hydrogen-bond acceptors (Lipinski definition) is 5. The minimum atomic E-state index is 0.611. The Labute approximate surface area is 177 Å². The maximum atomic E-state index is 5.95. The van der Waals surface area contributed by atoms with E-state index in [4.69, 9.17) is 14.5 Å². The molecule has 0 saturated carbocycles. The van der Waals surface area contributed by atoms with Crippen LogP contribution in [0.25, 0.3) is 0 Å². The number of rotatable bonds is 9. The van der Waals surface area contributed by atoms with E-state index in [1.807, 2.05) is 23.5 Å². The molecule has 1 saturated heterocycles. The van der Waals surface area contributed by atoms with E-state index in [0.717, 1.165) is 63.2 Å². The predicted octanol–water partition coefficient (Wildman–Crippen LogP) is 3.02. The van der Waals surface area contributed by atoms with Gasteiger partial charge in [0.25, 0.3) is 0 Å². The maximum absolute atomic E-state index is 5.95. The summed E-state index contributed by atoms with van der Waals surface area (Å²) in [6.07, 6.45) is 0. The van der Waals surface area contributed by atoms with Crippen molar-refractivity contribution in [1.29, 1.82) is 0 Å². The quantitative estimate of drug-likeness (QED) is 0.486. The van der Waals surface area contributed by atoms with Crippen LogP contribution in [0.2, 0.25) is 0 Å². The van der Waals surface area contributed by atoms with Gasteiger partial charge in [-0.25, -0.2) is 4.99 Å². The average molecular weight is 417 g/mol. The number of guanidine groups is 1. The van der Waals surface area contributed by atoms with Crippen LogP contribution in [-0.2, 0) is 17.8 Å². The number of aryl methyl sites for hydroxylation is 1. The van der Waals surface area contributed by atoms with Gasteiger partial charge in [0.15, 0.2) is 5.96 Å². The average Bonchev–Trinajstić information content (AvgIpc) is 3.16. The standard InChI is InChI=1S/C22H32N4O2S/c1-3-23-22(25-17-21-8-7-18(2)29-21)24-16-19-5-4-6-20(15-19)28-14-11-26-9-12-27-13-10-26/h4-8,15H,3,9-14,16-17H2,1-2H3,(H2,23,24,25). The van der Waals surface area contributed by atoms with Gasteiger partial charge in [0.1, 0.15) is 12.4 Å². The zero-order chi connectivity index (χ0) is 20.3. The molecule has 0 amide bonds. The molecule has 1 aliphatic heterocycles. The van der Waals surface area contributed by atoms with E-state index < -0.39 is 0 Å². The number of hydrogen-bond donors (Lipinski definition) is 2. The normalized spacial score (nSPS) is 15.3. The van der Waals surface area contributed by atoms with Crippen molar-refractivity contribution in [3.05, 3.63) is 51.7 Å². The number of benzene rings is 1. The molecule has 1 aromatic heterocycles. The molecule has 1 fully saturated rings. The molecule has 1 aromatic carbocycles. The van der Waals surface area contributed by atoms with Crippen LogP contribution in [0, 0.1) is 6.92 Å². The third-order valence-corrected chi connectivity index (χ3v) is 5.67. The van der Waals surface area contributed by atoms with Gasteiger partial charge >= 0.3 is 0 Å². The second-order valence-electron chi connectivity index (χ2n) is 7.01. The Balaban J connectivity index is 1.48. The highest BCUT2D eigenvalue weighted by atomic mass is 32.1. The first-order valence-electron chi connectivity index (χ1n) is 10.3. The Hall–Kier alpha value is -2.09. The van der Waals surface area contributed by atoms with Gasteiger partial charge in [0.2, 0.25) is 0 Å². The van der Waals surface area contributed by atoms with E-state index in [9.17, 15) is 0 Å². The van der Waals surface area contributed by atoms with Crippen LogP contribution in [0.4, 0.5) is 0 Å². The Morgan fingerprint density at radius 2 is 2.07 bits per heavy atom. The van der Waals surface area contributed by atoms with Crippen molar-refractivity contribution >= 4 is 17.3 Å². The van der Waals surface area contributed by atoms with Crippen LogP contribution in [0.5, 0.6) is 5.75 Å². The molecular formula is C22H32N4O2S. The van der Waals surface area contributed by atoms with Gasteiger partial charge < -0.3 is 20.1 Å². The number of ether oxygens (including phenoxy) is 2. The molecule has 158 valence electrons. The summed E-state index contributed by atoms with van der Waals surface area (Å²) in [5, 5.41) is 6.72. The van der Waals surface area contributed by atoms with Gasteiger partial charge in [-0.05, 0) is 43.7 Å². The van der Waals surface area contributed by atoms with Crippen molar-refractivity contribution in [1.82, 2.24) is 15.5 Å². The monoisotopic (exact) mass is 416 g/mol. The molecule has 0 unspecified atom stereocenters. The van der Waals surface area contributed by atoms with Gasteiger partial charge in [0.05, 0.1) is 26.3 Å². The first-order valence-corrected chi connectivity index (χ1v) is 11.1. The minimum Gasteiger partial charge on any atom is -0.492 e. The molecule has 0 aliphatic carbocycles. The molecule has 2 N–H and O–H groups in total. The second-order valence-corrected chi connectivity index (χ2v) is 8.38. The summed E-state index contributed by atoms with van der Waals surface area (Å²) in [6.45, 7) is 11.7. The summed E-state index contributed by atoms with van der Waals surface area (Å²) >= 11 is 1.81. The SMILES string of the molecule is CCNC(=NCc1cccc(OCCN2CCOCC2)c1)NCc1ccc(C)s1. The molecule has 29 heavy (non-hydrogen) atoms. The van der Waals surface area contributed by atoms with E-state index in [1.54, 1.807) is 0 Å². The zero-order valence-electron chi connectivity index (χ0n) is 17.4. The number of aliphatic imine (C=N–C) groups is 1. The molecule has 3 rings (SSSR count). The zero-order valence-corrected chi connectivity index (χ0v) is 18.3. The Morgan fingerprint density at radius 3 is 2.83 bits per heavy atom. The van der Waals surface area contributed by atoms with Gasteiger partial charge in [0, 0.05) is 35.9 Å². The summed E-state index contributed by atoms with van der Waals surface area (Å²) in [5.41, 5.74) is 1.14. The smallest absolute Gasteiger partial charge is 0.191 e. The first-order chi connectivity index (χ1) is 14.2. The highest BCUT2D eigenvalue weighted by Crippen LogP contribution is 2.15. The summed E-state index contributed by atoms with van der Waals surface area (Å²) in [6, 6.07) is 12.5. The summed E-state index contributed by atoms with van der Waals surface area (Å²) < 4.78 is 11.3. The highest BCUT2D eigenvalue weighted by molar-refractivity contribution is 7.11. The molecule has 7 heteroatoms. The fourth-order valence-corrected chi connectivity index (χ4v) is 3.94. The lowest BCUT2D eigenvalue weighted by atomic mass is 10.2. The van der Waals surface area contributed by atoms with Crippen molar-refractivity contribution < 1.29 is 9.47 Å². The van der Waals surface area contributed by atoms with Crippen LogP contribution in [0.1, 0.15) is 22.2 Å². The van der Waals surface area contributed by atoms with Crippen LogP contribution >= 0.6 is 11.3 Å². The van der Waals surface area contributed by atoms with Crippen molar-refractivity contribution in [3.63, 3.8) is 0 Å². The van der Waals surface area contributed by atoms with Crippen LogP contribution < -0.4 is 15.4 Å². The van der Waals surface area contributed by atoms with Crippen LogP contribution in [0.15, 0.2) is 41.4 Å². The molecule has 0 radical (unpaired) electrons. The van der Waals surface area contributed by atoms with Crippen molar-refractivity contribution in [3.8, 4) is 5.75 Å². The first kappa shape index (κ1) is 21.6. The van der Waals surface area contributed by atoms with Crippen molar-refractivity contribution in [2.24, 2.45) is 4.99 Å². The van der Waals surface area contributed by atoms with Crippen molar-refractivity contribution in [2.45, 2.75) is 26.9 Å². The lowest BCUT2D eigenvalue weighted by Crippen LogP contribution is -2.38. The fourth-order valence-electron chi connectivity index (χ4n) is 3.11. The fraction of sp³-hybridized carbons (Fsp3) is 0.500. The lowest BCUT2D eigenvalue weighted by molar-refractivity contribution is 0.0322. The minimum absolute atomic E-state index is 0.611. The topological polar surface area (TPSA) is 58.1 Å². The van der Waals surface area contributed by atoms with E-state index in [0.29, 0.717) is 13.2 Å². The summed E-state index contributed by atoms with van der Waals surface area (Å²) in [7, 11) is 0. The lowest BCUT2D eigenvalue weighted by Gasteiger charge is -2.26. The number of nitrogens with zero attached hydrogens (tertiary/aromatic N) is 2. The molecule has 0 spiro atoms. The third kappa shape index (κ3) is 7.68. The third-order valence-electron chi connectivity index (χ3n) is 4.67. The van der Waals surface area contributed by atoms with Crippen molar-refractivity contribution in [2.75, 3.05) is 46.0 Å². The molecular weight excluding hydrogens is 384 g/mol. The van der Waals surface area contributed by atoms with Crippen LogP contribution in [0.3, 0.4) is 0 Å². The predicted molar refractivity (Wildman–Crippen MR) is 120 cm³/mol. The summed E-state index contributed by atoms with van der Waals surface area (Å²) in [4.78, 5) is 9.73. The van der Waals surface area contributed by atoms with E-state index in [-0.39, 0.29) is 0 Å². The summed E-state index contributed by atoms with van der Waals surface area (Å²) in [5.74, 6) is 1.73. The van der Waals surface area contributed by atoms with E-state index >= 15 is 0 Å². The molecule has 2 heterocycles. The second kappa shape index (κ2) is 11.8. The van der Waals surface area contributed by atoms with Gasteiger partial charge in [-0.3, -0.25) is 4.90 Å². The number of thiophene rings is 1. The van der Waals surface area contributed by atoms with Gasteiger partial charge in [-0.15, -0.1) is 11.3 Å². The van der Waals surface area contributed by atoms with E-state index in [2.05, 4.69) is 53.6 Å². The largest absolute Gasteiger partial charge is 0.492 e. The molecule has 2 aromatic rings. The number of morpholine rings is 1. The highest BCUT2D eigenvalue weighted by Gasteiger charge is 2.09. The van der Waals surface area contributed by atoms with Crippen LogP contribution in [-0.4, -0.2) is 56.9 Å². The number of nitrogens with one attached hydrogen (secondary N) is 2. The Morgan fingerprint density at radius 1 is 1.21 bits per heavy atom. The molecule has 1 aliphatic rings. The maximum Gasteiger partial charge on any atom is 0.191 e. The molecule has 0 bridgehead atoms. The Bertz CT molecular complexity index is 772. The van der Waals surface area contributed by atoms with E-state index in [1.165, 1.54) is 9.75 Å². The molecule has 0 atom stereocenters.